The zero-order valence-corrected chi connectivity index (χ0v) is 13.2. The number of carbonyl (C=O) groups excluding carboxylic acids is 1. The first-order chi connectivity index (χ1) is 11.2. The second-order valence-corrected chi connectivity index (χ2v) is 5.68. The molecule has 1 aliphatic heterocycles. The van der Waals surface area contributed by atoms with Gasteiger partial charge in [0.15, 0.2) is 5.58 Å². The number of para-hydroxylation sites is 2. The van der Waals surface area contributed by atoms with Gasteiger partial charge in [0.05, 0.1) is 13.2 Å². The van der Waals surface area contributed by atoms with Gasteiger partial charge in [-0.3, -0.25) is 9.69 Å². The van der Waals surface area contributed by atoms with E-state index >= 15 is 0 Å². The topological polar surface area (TPSA) is 67.6 Å². The summed E-state index contributed by atoms with van der Waals surface area (Å²) in [5.74, 6) is 0.287. The molecule has 1 aromatic heterocycles. The van der Waals surface area contributed by atoms with Crippen molar-refractivity contribution >= 4 is 23.1 Å². The van der Waals surface area contributed by atoms with Crippen molar-refractivity contribution < 1.29 is 13.9 Å². The number of oxazole rings is 1. The number of fused-ring (bicyclic) bond motifs is 1. The molecule has 6 nitrogen and oxygen atoms in total. The molecular formula is C17H21N3O3. The molecule has 2 aromatic rings. The summed E-state index contributed by atoms with van der Waals surface area (Å²) in [5.41, 5.74) is 1.50. The molecule has 1 fully saturated rings. The standard InChI is InChI=1S/C17H21N3O3/c1-13(12-20-8-10-22-11-9-20)18-16(21)6-7-17-19-14-4-2-3-5-15(14)23-17/h2-7,13H,8-12H2,1H3,(H,18,21)/b7-6-/t13-/m0/s1. The Hall–Kier alpha value is -2.18. The number of nitrogens with zero attached hydrogens (tertiary/aromatic N) is 2. The van der Waals surface area contributed by atoms with Crippen LogP contribution in [-0.4, -0.2) is 54.7 Å². The highest BCUT2D eigenvalue weighted by atomic mass is 16.5. The highest BCUT2D eigenvalue weighted by Gasteiger charge is 2.14. The van der Waals surface area contributed by atoms with Crippen LogP contribution in [0.15, 0.2) is 34.8 Å². The van der Waals surface area contributed by atoms with Gasteiger partial charge in [0.2, 0.25) is 11.8 Å². The van der Waals surface area contributed by atoms with Crippen LogP contribution in [0, 0.1) is 0 Å². The summed E-state index contributed by atoms with van der Waals surface area (Å²) in [6.45, 7) is 6.18. The maximum Gasteiger partial charge on any atom is 0.244 e. The Morgan fingerprint density at radius 1 is 1.39 bits per heavy atom. The van der Waals surface area contributed by atoms with Gasteiger partial charge in [-0.05, 0) is 19.1 Å². The van der Waals surface area contributed by atoms with Crippen LogP contribution >= 0.6 is 0 Å². The largest absolute Gasteiger partial charge is 0.437 e. The maximum absolute atomic E-state index is 12.0. The van der Waals surface area contributed by atoms with Gasteiger partial charge in [-0.15, -0.1) is 0 Å². The minimum atomic E-state index is -0.145. The molecular weight excluding hydrogens is 294 g/mol. The number of aromatic nitrogens is 1. The molecule has 23 heavy (non-hydrogen) atoms. The van der Waals surface area contributed by atoms with Gasteiger partial charge in [0.25, 0.3) is 0 Å². The van der Waals surface area contributed by atoms with Gasteiger partial charge >= 0.3 is 0 Å². The van der Waals surface area contributed by atoms with Gasteiger partial charge in [-0.25, -0.2) is 4.98 Å². The summed E-state index contributed by atoms with van der Waals surface area (Å²) in [7, 11) is 0. The van der Waals surface area contributed by atoms with Crippen LogP contribution < -0.4 is 5.32 Å². The van der Waals surface area contributed by atoms with E-state index in [1.54, 1.807) is 6.08 Å². The fraction of sp³-hybridized carbons (Fsp3) is 0.412. The molecule has 0 radical (unpaired) electrons. The molecule has 0 unspecified atom stereocenters. The van der Waals surface area contributed by atoms with Crippen LogP contribution in [0.3, 0.4) is 0 Å². The summed E-state index contributed by atoms with van der Waals surface area (Å²) < 4.78 is 10.9. The number of hydrogen-bond donors (Lipinski definition) is 1. The number of morpholine rings is 1. The third-order valence-corrected chi connectivity index (χ3v) is 3.71. The number of carbonyl (C=O) groups is 1. The summed E-state index contributed by atoms with van der Waals surface area (Å²) in [6.07, 6.45) is 3.05. The molecule has 1 saturated heterocycles. The maximum atomic E-state index is 12.0. The second kappa shape index (κ2) is 7.39. The monoisotopic (exact) mass is 315 g/mol. The predicted molar refractivity (Wildman–Crippen MR) is 87.9 cm³/mol. The van der Waals surface area contributed by atoms with Crippen LogP contribution in [0.4, 0.5) is 0 Å². The van der Waals surface area contributed by atoms with Crippen molar-refractivity contribution in [3.8, 4) is 0 Å². The summed E-state index contributed by atoms with van der Waals surface area (Å²) in [5, 5.41) is 2.95. The number of nitrogens with one attached hydrogen (secondary N) is 1. The molecule has 0 saturated carbocycles. The molecule has 1 N–H and O–H groups in total. The van der Waals surface area contributed by atoms with E-state index in [9.17, 15) is 4.79 Å². The number of amides is 1. The van der Waals surface area contributed by atoms with Crippen LogP contribution in [-0.2, 0) is 9.53 Å². The van der Waals surface area contributed by atoms with Crippen molar-refractivity contribution in [3.63, 3.8) is 0 Å². The van der Waals surface area contributed by atoms with E-state index in [1.165, 1.54) is 6.08 Å². The molecule has 1 aromatic carbocycles. The normalized spacial score (nSPS) is 17.6. The average molecular weight is 315 g/mol. The summed E-state index contributed by atoms with van der Waals surface area (Å²) >= 11 is 0. The van der Waals surface area contributed by atoms with Crippen molar-refractivity contribution in [2.75, 3.05) is 32.8 Å². The van der Waals surface area contributed by atoms with Crippen molar-refractivity contribution in [2.45, 2.75) is 13.0 Å². The first-order valence-corrected chi connectivity index (χ1v) is 7.85. The summed E-state index contributed by atoms with van der Waals surface area (Å²) in [4.78, 5) is 18.6. The molecule has 1 atom stereocenters. The van der Waals surface area contributed by atoms with Gasteiger partial charge in [-0.2, -0.15) is 0 Å². The van der Waals surface area contributed by atoms with Crippen LogP contribution in [0.25, 0.3) is 17.2 Å². The Labute approximate surface area is 135 Å². The van der Waals surface area contributed by atoms with Gasteiger partial charge in [-0.1, -0.05) is 12.1 Å². The van der Waals surface area contributed by atoms with Crippen molar-refractivity contribution in [1.82, 2.24) is 15.2 Å². The quantitative estimate of drug-likeness (QED) is 0.850. The third-order valence-electron chi connectivity index (χ3n) is 3.71. The lowest BCUT2D eigenvalue weighted by Crippen LogP contribution is -2.45. The van der Waals surface area contributed by atoms with Crippen LogP contribution in [0.5, 0.6) is 0 Å². The van der Waals surface area contributed by atoms with E-state index < -0.39 is 0 Å². The molecule has 3 rings (SSSR count). The number of hydrogen-bond acceptors (Lipinski definition) is 5. The van der Waals surface area contributed by atoms with Gasteiger partial charge < -0.3 is 14.5 Å². The van der Waals surface area contributed by atoms with E-state index in [-0.39, 0.29) is 11.9 Å². The highest BCUT2D eigenvalue weighted by Crippen LogP contribution is 2.15. The Balaban J connectivity index is 1.51. The smallest absolute Gasteiger partial charge is 0.244 e. The van der Waals surface area contributed by atoms with E-state index in [2.05, 4.69) is 15.2 Å². The Kier molecular flexibility index (Phi) is 5.05. The van der Waals surface area contributed by atoms with Crippen molar-refractivity contribution in [2.24, 2.45) is 0 Å². The first-order valence-electron chi connectivity index (χ1n) is 7.85. The predicted octanol–water partition coefficient (Wildman–Crippen LogP) is 1.68. The molecule has 0 aliphatic carbocycles. The lowest BCUT2D eigenvalue weighted by atomic mass is 10.3. The minimum absolute atomic E-state index is 0.0777. The molecule has 2 heterocycles. The second-order valence-electron chi connectivity index (χ2n) is 5.68. The molecule has 6 heteroatoms. The fourth-order valence-corrected chi connectivity index (χ4v) is 2.62. The Morgan fingerprint density at radius 2 is 2.17 bits per heavy atom. The molecule has 1 amide bonds. The van der Waals surface area contributed by atoms with Crippen LogP contribution in [0.1, 0.15) is 12.8 Å². The van der Waals surface area contributed by atoms with Crippen molar-refractivity contribution in [1.29, 1.82) is 0 Å². The molecule has 0 spiro atoms. The van der Waals surface area contributed by atoms with Gasteiger partial charge in [0, 0.05) is 37.8 Å². The fourth-order valence-electron chi connectivity index (χ4n) is 2.62. The zero-order valence-electron chi connectivity index (χ0n) is 13.2. The molecule has 1 aliphatic rings. The summed E-state index contributed by atoms with van der Waals surface area (Å²) in [6, 6.07) is 7.60. The zero-order chi connectivity index (χ0) is 16.1. The molecule has 122 valence electrons. The number of rotatable bonds is 5. The van der Waals surface area contributed by atoms with Crippen molar-refractivity contribution in [3.05, 3.63) is 36.2 Å². The average Bonchev–Trinajstić information content (AvgIpc) is 2.96. The Bertz CT molecular complexity index is 656. The van der Waals surface area contributed by atoms with Crippen LogP contribution in [0.2, 0.25) is 0 Å². The first kappa shape index (κ1) is 15.7. The van der Waals surface area contributed by atoms with Gasteiger partial charge in [0.1, 0.15) is 5.52 Å². The lowest BCUT2D eigenvalue weighted by molar-refractivity contribution is -0.117. The number of ether oxygens (including phenoxy) is 1. The Morgan fingerprint density at radius 3 is 2.96 bits per heavy atom. The van der Waals surface area contributed by atoms with E-state index in [0.717, 1.165) is 38.4 Å². The van der Waals surface area contributed by atoms with E-state index in [1.807, 2.05) is 31.2 Å². The van der Waals surface area contributed by atoms with E-state index in [4.69, 9.17) is 9.15 Å². The highest BCUT2D eigenvalue weighted by molar-refractivity contribution is 5.91. The minimum Gasteiger partial charge on any atom is -0.437 e. The SMILES string of the molecule is C[C@@H](CN1CCOCC1)NC(=O)/C=C\c1nc2ccccc2o1. The molecule has 0 bridgehead atoms. The number of benzene rings is 1. The third kappa shape index (κ3) is 4.40. The lowest BCUT2D eigenvalue weighted by Gasteiger charge is -2.29. The van der Waals surface area contributed by atoms with E-state index in [0.29, 0.717) is 11.5 Å².